The summed E-state index contributed by atoms with van der Waals surface area (Å²) >= 11 is 0. The molecule has 1 N–H and O–H groups in total. The third-order valence-corrected chi connectivity index (χ3v) is 4.21. The lowest BCUT2D eigenvalue weighted by Gasteiger charge is -2.27. The monoisotopic (exact) mass is 295 g/mol. The standard InChI is InChI=1S/C17H13NO4/c19-15-9-17(16(20)18-15)11-1-5-13(6-2-11)21-10-22-14-7-3-12(17)4-8-14/h1-8H,9-10H2,(H,18,19,20). The molecule has 5 aliphatic rings. The summed E-state index contributed by atoms with van der Waals surface area (Å²) in [4.78, 5) is 24.4. The molecule has 0 aromatic heterocycles. The molecule has 5 heteroatoms. The SMILES string of the molecule is O=C1CC2(C(=O)N1)c1ccc(cc1)OCOc1ccc2cc1. The lowest BCUT2D eigenvalue weighted by Crippen LogP contribution is -2.36. The molecule has 2 amide bonds. The van der Waals surface area contributed by atoms with Gasteiger partial charge in [-0.15, -0.1) is 0 Å². The summed E-state index contributed by atoms with van der Waals surface area (Å²) < 4.78 is 11.0. The van der Waals surface area contributed by atoms with Crippen LogP contribution in [0.15, 0.2) is 48.5 Å². The summed E-state index contributed by atoms with van der Waals surface area (Å²) in [6.07, 6.45) is 0.103. The third kappa shape index (κ3) is 1.79. The molecule has 110 valence electrons. The Balaban J connectivity index is 1.97. The molecule has 5 aliphatic heterocycles. The third-order valence-electron chi connectivity index (χ3n) is 4.21. The molecule has 7 rings (SSSR count). The number of ether oxygens (including phenoxy) is 2. The van der Waals surface area contributed by atoms with Crippen LogP contribution in [0.2, 0.25) is 0 Å². The zero-order valence-electron chi connectivity index (χ0n) is 11.7. The van der Waals surface area contributed by atoms with Gasteiger partial charge >= 0.3 is 0 Å². The summed E-state index contributed by atoms with van der Waals surface area (Å²) in [7, 11) is 0. The fourth-order valence-electron chi connectivity index (χ4n) is 3.07. The second kappa shape index (κ2) is 4.59. The Bertz CT molecular complexity index is 702. The predicted molar refractivity (Wildman–Crippen MR) is 77.6 cm³/mol. The minimum atomic E-state index is -0.993. The van der Waals surface area contributed by atoms with Crippen molar-refractivity contribution in [2.24, 2.45) is 0 Å². The van der Waals surface area contributed by atoms with E-state index in [0.29, 0.717) is 11.5 Å². The maximum absolute atomic E-state index is 12.6. The Hall–Kier alpha value is -2.82. The van der Waals surface area contributed by atoms with E-state index >= 15 is 0 Å². The second-order valence-electron chi connectivity index (χ2n) is 5.41. The molecule has 0 radical (unpaired) electrons. The van der Waals surface area contributed by atoms with Gasteiger partial charge in [-0.3, -0.25) is 14.9 Å². The van der Waals surface area contributed by atoms with Crippen LogP contribution in [0.25, 0.3) is 0 Å². The average Bonchev–Trinajstić information content (AvgIpc) is 2.83. The molecule has 5 nitrogen and oxygen atoms in total. The molecule has 1 saturated heterocycles. The number of hydrogen-bond acceptors (Lipinski definition) is 4. The number of rotatable bonds is 0. The van der Waals surface area contributed by atoms with Gasteiger partial charge in [0, 0.05) is 6.42 Å². The molecule has 1 spiro atoms. The van der Waals surface area contributed by atoms with Crippen molar-refractivity contribution in [2.75, 3.05) is 6.79 Å². The smallest absolute Gasteiger partial charge is 0.242 e. The number of carbonyl (C=O) groups excluding carboxylic acids is 2. The van der Waals surface area contributed by atoms with Gasteiger partial charge in [-0.05, 0) is 35.4 Å². The normalized spacial score (nSPS) is 18.4. The molecule has 0 atom stereocenters. The summed E-state index contributed by atoms with van der Waals surface area (Å²) in [6, 6.07) is 14.4. The van der Waals surface area contributed by atoms with Crippen LogP contribution in [0.4, 0.5) is 0 Å². The lowest BCUT2D eigenvalue weighted by molar-refractivity contribution is -0.125. The van der Waals surface area contributed by atoms with Gasteiger partial charge in [-0.25, -0.2) is 0 Å². The van der Waals surface area contributed by atoms with E-state index in [1.165, 1.54) is 0 Å². The Kier molecular flexibility index (Phi) is 2.69. The van der Waals surface area contributed by atoms with Crippen molar-refractivity contribution >= 4 is 11.8 Å². The Morgan fingerprint density at radius 3 is 1.73 bits per heavy atom. The number of benzene rings is 2. The van der Waals surface area contributed by atoms with Gasteiger partial charge in [0.15, 0.2) is 0 Å². The van der Waals surface area contributed by atoms with Crippen molar-refractivity contribution in [2.45, 2.75) is 11.8 Å². The van der Waals surface area contributed by atoms with E-state index < -0.39 is 5.41 Å². The molecule has 22 heavy (non-hydrogen) atoms. The molecule has 2 aromatic carbocycles. The quantitative estimate of drug-likeness (QED) is 0.752. The van der Waals surface area contributed by atoms with Gasteiger partial charge in [0.05, 0.1) is 0 Å². The fourth-order valence-corrected chi connectivity index (χ4v) is 3.07. The zero-order chi connectivity index (χ0) is 15.2. The predicted octanol–water partition coefficient (Wildman–Crippen LogP) is 1.75. The van der Waals surface area contributed by atoms with E-state index in [4.69, 9.17) is 9.47 Å². The number of carbonyl (C=O) groups is 2. The van der Waals surface area contributed by atoms with Crippen LogP contribution >= 0.6 is 0 Å². The maximum atomic E-state index is 12.6. The van der Waals surface area contributed by atoms with Gasteiger partial charge in [0.2, 0.25) is 18.6 Å². The van der Waals surface area contributed by atoms with Crippen molar-refractivity contribution in [3.8, 4) is 11.5 Å². The molecule has 4 bridgehead atoms. The van der Waals surface area contributed by atoms with Crippen molar-refractivity contribution in [1.82, 2.24) is 5.32 Å². The summed E-state index contributed by atoms with van der Waals surface area (Å²) in [5.41, 5.74) is 0.558. The molecule has 0 unspecified atom stereocenters. The number of nitrogens with one attached hydrogen (secondary N) is 1. The summed E-state index contributed by atoms with van der Waals surface area (Å²) in [5.74, 6) is 0.743. The zero-order valence-corrected chi connectivity index (χ0v) is 11.7. The molecule has 0 saturated carbocycles. The highest BCUT2D eigenvalue weighted by Crippen LogP contribution is 2.40. The van der Waals surface area contributed by atoms with Gasteiger partial charge in [-0.2, -0.15) is 0 Å². The highest BCUT2D eigenvalue weighted by Gasteiger charge is 2.49. The van der Waals surface area contributed by atoms with Crippen LogP contribution < -0.4 is 14.8 Å². The number of imide groups is 1. The van der Waals surface area contributed by atoms with E-state index in [0.717, 1.165) is 11.1 Å². The molecular weight excluding hydrogens is 282 g/mol. The van der Waals surface area contributed by atoms with E-state index in [9.17, 15) is 9.59 Å². The van der Waals surface area contributed by atoms with E-state index in [1.54, 1.807) is 24.3 Å². The van der Waals surface area contributed by atoms with Crippen molar-refractivity contribution in [1.29, 1.82) is 0 Å². The van der Waals surface area contributed by atoms with Crippen LogP contribution in [0.1, 0.15) is 17.5 Å². The lowest BCUT2D eigenvalue weighted by atomic mass is 9.73. The van der Waals surface area contributed by atoms with E-state index in [1.807, 2.05) is 24.3 Å². The van der Waals surface area contributed by atoms with Gasteiger partial charge in [-0.1, -0.05) is 24.3 Å². The Morgan fingerprint density at radius 1 is 0.818 bits per heavy atom. The van der Waals surface area contributed by atoms with E-state index in [-0.39, 0.29) is 25.0 Å². The number of hydrogen-bond donors (Lipinski definition) is 1. The maximum Gasteiger partial charge on any atom is 0.242 e. The highest BCUT2D eigenvalue weighted by atomic mass is 16.7. The first-order chi connectivity index (χ1) is 10.7. The molecule has 5 heterocycles. The molecular formula is C17H13NO4. The van der Waals surface area contributed by atoms with Crippen LogP contribution in [-0.4, -0.2) is 18.6 Å². The molecule has 2 aromatic rings. The van der Waals surface area contributed by atoms with E-state index in [2.05, 4.69) is 5.32 Å². The van der Waals surface area contributed by atoms with Gasteiger partial charge in [0.25, 0.3) is 0 Å². The summed E-state index contributed by atoms with van der Waals surface area (Å²) in [5, 5.41) is 2.42. The van der Waals surface area contributed by atoms with Gasteiger partial charge < -0.3 is 9.47 Å². The average molecular weight is 295 g/mol. The Morgan fingerprint density at radius 2 is 1.32 bits per heavy atom. The summed E-state index contributed by atoms with van der Waals surface area (Å²) in [6.45, 7) is 0.114. The van der Waals surface area contributed by atoms with Crippen molar-refractivity contribution in [3.63, 3.8) is 0 Å². The number of amides is 2. The van der Waals surface area contributed by atoms with Gasteiger partial charge in [0.1, 0.15) is 16.9 Å². The van der Waals surface area contributed by atoms with Crippen LogP contribution in [0, 0.1) is 0 Å². The minimum absolute atomic E-state index is 0.103. The molecule has 0 aliphatic carbocycles. The van der Waals surface area contributed by atoms with Crippen LogP contribution in [0.3, 0.4) is 0 Å². The van der Waals surface area contributed by atoms with Crippen molar-refractivity contribution < 1.29 is 19.1 Å². The first-order valence-electron chi connectivity index (χ1n) is 6.99. The van der Waals surface area contributed by atoms with Crippen LogP contribution in [-0.2, 0) is 15.0 Å². The topological polar surface area (TPSA) is 64.6 Å². The largest absolute Gasteiger partial charge is 0.458 e. The first kappa shape index (κ1) is 12.9. The second-order valence-corrected chi connectivity index (χ2v) is 5.41. The Labute approximate surface area is 126 Å². The first-order valence-corrected chi connectivity index (χ1v) is 6.99. The van der Waals surface area contributed by atoms with Crippen LogP contribution in [0.5, 0.6) is 11.5 Å². The highest BCUT2D eigenvalue weighted by molar-refractivity contribution is 6.11. The van der Waals surface area contributed by atoms with Crippen molar-refractivity contribution in [3.05, 3.63) is 59.7 Å². The fraction of sp³-hybridized carbons (Fsp3) is 0.176. The molecule has 1 fully saturated rings. The minimum Gasteiger partial charge on any atom is -0.458 e.